The van der Waals surface area contributed by atoms with E-state index < -0.39 is 0 Å². The van der Waals surface area contributed by atoms with E-state index in [0.717, 1.165) is 17.0 Å². The Labute approximate surface area is 172 Å². The van der Waals surface area contributed by atoms with Gasteiger partial charge in [-0.15, -0.1) is 10.2 Å². The fourth-order valence-corrected chi connectivity index (χ4v) is 3.41. The van der Waals surface area contributed by atoms with Gasteiger partial charge in [0, 0.05) is 11.3 Å². The number of rotatable bonds is 7. The zero-order valence-corrected chi connectivity index (χ0v) is 16.6. The average molecular weight is 405 g/mol. The first-order valence-corrected chi connectivity index (χ1v) is 10.1. The summed E-state index contributed by atoms with van der Waals surface area (Å²) in [5.41, 5.74) is 2.31. The molecule has 0 spiro atoms. The number of thioether (sulfide) groups is 1. The van der Waals surface area contributed by atoms with Gasteiger partial charge in [-0.2, -0.15) is 9.61 Å². The molecule has 0 saturated heterocycles. The number of carbonyl (C=O) groups excluding carboxylic acids is 1. The molecule has 29 heavy (non-hydrogen) atoms. The fraction of sp³-hybridized carbons (Fsp3) is 0.143. The van der Waals surface area contributed by atoms with Crippen LogP contribution in [0.2, 0.25) is 0 Å². The summed E-state index contributed by atoms with van der Waals surface area (Å²) < 4.78 is 7.17. The molecule has 0 radical (unpaired) electrons. The second-order valence-electron chi connectivity index (χ2n) is 6.13. The zero-order chi connectivity index (χ0) is 20.1. The Hall–Kier alpha value is -3.39. The largest absolute Gasteiger partial charge is 0.494 e. The van der Waals surface area contributed by atoms with E-state index in [0.29, 0.717) is 23.1 Å². The molecule has 7 nitrogen and oxygen atoms in total. The highest BCUT2D eigenvalue weighted by molar-refractivity contribution is 7.99. The SMILES string of the molecule is CCOc1ccc(-c2nnc3ccc(SCC(=O)Nc4ccccc4)nn23)cc1. The normalized spacial score (nSPS) is 10.8. The molecule has 2 heterocycles. The van der Waals surface area contributed by atoms with Crippen LogP contribution in [0.25, 0.3) is 17.0 Å². The van der Waals surface area contributed by atoms with Crippen molar-refractivity contribution in [1.82, 2.24) is 19.8 Å². The second-order valence-corrected chi connectivity index (χ2v) is 7.12. The third-order valence-electron chi connectivity index (χ3n) is 4.07. The van der Waals surface area contributed by atoms with Gasteiger partial charge in [-0.1, -0.05) is 30.0 Å². The zero-order valence-electron chi connectivity index (χ0n) is 15.8. The van der Waals surface area contributed by atoms with E-state index in [-0.39, 0.29) is 11.7 Å². The minimum atomic E-state index is -0.0846. The molecule has 0 fully saturated rings. The van der Waals surface area contributed by atoms with Crippen LogP contribution in [-0.4, -0.2) is 38.1 Å². The first kappa shape index (κ1) is 18.9. The van der Waals surface area contributed by atoms with E-state index in [1.165, 1.54) is 11.8 Å². The monoisotopic (exact) mass is 405 g/mol. The maximum Gasteiger partial charge on any atom is 0.234 e. The predicted octanol–water partition coefficient (Wildman–Crippen LogP) is 3.92. The summed E-state index contributed by atoms with van der Waals surface area (Å²) in [6.45, 7) is 2.57. The van der Waals surface area contributed by atoms with E-state index in [4.69, 9.17) is 4.74 Å². The summed E-state index contributed by atoms with van der Waals surface area (Å²) in [5, 5.41) is 16.6. The van der Waals surface area contributed by atoms with Gasteiger partial charge in [-0.3, -0.25) is 4.79 Å². The van der Waals surface area contributed by atoms with Crippen molar-refractivity contribution in [1.29, 1.82) is 0 Å². The average Bonchev–Trinajstić information content (AvgIpc) is 3.17. The summed E-state index contributed by atoms with van der Waals surface area (Å²) in [6.07, 6.45) is 0. The summed E-state index contributed by atoms with van der Waals surface area (Å²) in [7, 11) is 0. The Bertz CT molecular complexity index is 1110. The third-order valence-corrected chi connectivity index (χ3v) is 4.99. The molecule has 0 saturated carbocycles. The van der Waals surface area contributed by atoms with Crippen molar-refractivity contribution in [3.8, 4) is 17.1 Å². The molecule has 0 unspecified atom stereocenters. The second kappa shape index (κ2) is 8.74. The number of aromatic nitrogens is 4. The number of benzene rings is 2. The molecule has 146 valence electrons. The molecule has 1 N–H and O–H groups in total. The van der Waals surface area contributed by atoms with Crippen molar-refractivity contribution in [2.75, 3.05) is 17.7 Å². The number of carbonyl (C=O) groups is 1. The van der Waals surface area contributed by atoms with Crippen LogP contribution in [0.1, 0.15) is 6.92 Å². The minimum Gasteiger partial charge on any atom is -0.494 e. The van der Waals surface area contributed by atoms with Crippen molar-refractivity contribution in [3.05, 3.63) is 66.7 Å². The van der Waals surface area contributed by atoms with Crippen LogP contribution < -0.4 is 10.1 Å². The van der Waals surface area contributed by atoms with Crippen molar-refractivity contribution in [2.24, 2.45) is 0 Å². The van der Waals surface area contributed by atoms with E-state index >= 15 is 0 Å². The lowest BCUT2D eigenvalue weighted by Gasteiger charge is -2.06. The molecule has 2 aromatic heterocycles. The Morgan fingerprint density at radius 2 is 1.83 bits per heavy atom. The van der Waals surface area contributed by atoms with Gasteiger partial charge in [-0.25, -0.2) is 0 Å². The summed E-state index contributed by atoms with van der Waals surface area (Å²) in [4.78, 5) is 12.2. The standard InChI is InChI=1S/C21H19N5O2S/c1-2-28-17-10-8-15(9-11-17)21-24-23-18-12-13-20(25-26(18)21)29-14-19(27)22-16-6-4-3-5-7-16/h3-13H,2,14H2,1H3,(H,22,27). The number of nitrogens with one attached hydrogen (secondary N) is 1. The highest BCUT2D eigenvalue weighted by atomic mass is 32.2. The number of para-hydroxylation sites is 1. The van der Waals surface area contributed by atoms with Gasteiger partial charge in [0.25, 0.3) is 0 Å². The number of anilines is 1. The van der Waals surface area contributed by atoms with Crippen molar-refractivity contribution in [2.45, 2.75) is 11.9 Å². The van der Waals surface area contributed by atoms with Gasteiger partial charge in [0.1, 0.15) is 10.8 Å². The van der Waals surface area contributed by atoms with Crippen LogP contribution >= 0.6 is 11.8 Å². The van der Waals surface area contributed by atoms with Crippen LogP contribution in [0.3, 0.4) is 0 Å². The molecule has 8 heteroatoms. The maximum atomic E-state index is 12.2. The molecule has 0 atom stereocenters. The molecule has 1 amide bonds. The number of hydrogen-bond acceptors (Lipinski definition) is 6. The molecule has 0 aliphatic heterocycles. The van der Waals surface area contributed by atoms with Crippen molar-refractivity contribution >= 4 is 29.0 Å². The van der Waals surface area contributed by atoms with Crippen LogP contribution in [0.4, 0.5) is 5.69 Å². The lowest BCUT2D eigenvalue weighted by molar-refractivity contribution is -0.113. The molecule has 0 aliphatic carbocycles. The molecular weight excluding hydrogens is 386 g/mol. The van der Waals surface area contributed by atoms with Gasteiger partial charge in [0.15, 0.2) is 11.5 Å². The van der Waals surface area contributed by atoms with Gasteiger partial charge >= 0.3 is 0 Å². The summed E-state index contributed by atoms with van der Waals surface area (Å²) in [5.74, 6) is 1.62. The highest BCUT2D eigenvalue weighted by Crippen LogP contribution is 2.23. The van der Waals surface area contributed by atoms with Crippen LogP contribution in [0.5, 0.6) is 5.75 Å². The third kappa shape index (κ3) is 4.55. The number of nitrogens with zero attached hydrogens (tertiary/aromatic N) is 4. The Morgan fingerprint density at radius 3 is 2.59 bits per heavy atom. The Morgan fingerprint density at radius 1 is 1.03 bits per heavy atom. The maximum absolute atomic E-state index is 12.2. The van der Waals surface area contributed by atoms with Gasteiger partial charge in [0.2, 0.25) is 5.91 Å². The minimum absolute atomic E-state index is 0.0846. The molecule has 0 aliphatic rings. The number of hydrogen-bond donors (Lipinski definition) is 1. The van der Waals surface area contributed by atoms with Gasteiger partial charge in [-0.05, 0) is 55.5 Å². The molecule has 0 bridgehead atoms. The molecule has 4 rings (SSSR count). The van der Waals surface area contributed by atoms with Gasteiger partial charge < -0.3 is 10.1 Å². The van der Waals surface area contributed by atoms with E-state index in [9.17, 15) is 4.79 Å². The van der Waals surface area contributed by atoms with E-state index in [1.54, 1.807) is 4.52 Å². The fourth-order valence-electron chi connectivity index (χ4n) is 2.75. The molecular formula is C21H19N5O2S. The highest BCUT2D eigenvalue weighted by Gasteiger charge is 2.11. The number of fused-ring (bicyclic) bond motifs is 1. The summed E-state index contributed by atoms with van der Waals surface area (Å²) in [6, 6.07) is 20.7. The Balaban J connectivity index is 1.48. The Kier molecular flexibility index (Phi) is 5.71. The lowest BCUT2D eigenvalue weighted by atomic mass is 10.2. The quantitative estimate of drug-likeness (QED) is 0.469. The number of ether oxygens (including phenoxy) is 1. The smallest absolute Gasteiger partial charge is 0.234 e. The molecule has 2 aromatic carbocycles. The van der Waals surface area contributed by atoms with Crippen LogP contribution in [0, 0.1) is 0 Å². The lowest BCUT2D eigenvalue weighted by Crippen LogP contribution is -2.14. The molecule has 4 aromatic rings. The van der Waals surface area contributed by atoms with Gasteiger partial charge in [0.05, 0.1) is 12.4 Å². The van der Waals surface area contributed by atoms with Crippen LogP contribution in [-0.2, 0) is 4.79 Å². The van der Waals surface area contributed by atoms with E-state index in [2.05, 4.69) is 20.6 Å². The van der Waals surface area contributed by atoms with Crippen molar-refractivity contribution < 1.29 is 9.53 Å². The van der Waals surface area contributed by atoms with E-state index in [1.807, 2.05) is 73.7 Å². The van der Waals surface area contributed by atoms with Crippen molar-refractivity contribution in [3.63, 3.8) is 0 Å². The summed E-state index contributed by atoms with van der Waals surface area (Å²) >= 11 is 1.36. The first-order chi connectivity index (χ1) is 14.2. The van der Waals surface area contributed by atoms with Crippen LogP contribution in [0.15, 0.2) is 71.8 Å². The topological polar surface area (TPSA) is 81.4 Å². The first-order valence-electron chi connectivity index (χ1n) is 9.16. The predicted molar refractivity (Wildman–Crippen MR) is 113 cm³/mol. The number of amides is 1.